The molecule has 35 heavy (non-hydrogen) atoms. The molecule has 0 amide bonds. The monoisotopic (exact) mass is 451 g/mol. The molecule has 4 nitrogen and oxygen atoms in total. The Balaban J connectivity index is 1.26. The summed E-state index contributed by atoms with van der Waals surface area (Å²) in [6, 6.07) is 28.5. The molecular weight excluding hydrogens is 430 g/mol. The molecule has 4 heteroatoms. The second kappa shape index (κ2) is 7.72. The number of rotatable bonds is 5. The molecule has 3 aromatic rings. The Morgan fingerprint density at radius 2 is 1.77 bits per heavy atom. The first-order valence-electron chi connectivity index (χ1n) is 11.8. The third-order valence-electron chi connectivity index (χ3n) is 6.86. The molecule has 0 bridgehead atoms. The number of hydrogen-bond acceptors (Lipinski definition) is 2. The van der Waals surface area contributed by atoms with E-state index in [0.717, 1.165) is 33.3 Å². The highest BCUT2D eigenvalue weighted by atomic mass is 16.1. The summed E-state index contributed by atoms with van der Waals surface area (Å²) in [7, 11) is 0. The fourth-order valence-corrected chi connectivity index (χ4v) is 4.93. The molecule has 0 fully saturated rings. The van der Waals surface area contributed by atoms with Crippen LogP contribution in [0, 0.1) is 18.1 Å². The molecule has 4 aliphatic rings. The Morgan fingerprint density at radius 1 is 0.886 bits per heavy atom. The maximum Gasteiger partial charge on any atom is 0.278 e. The highest BCUT2D eigenvalue weighted by Gasteiger charge is 2.24. The predicted molar refractivity (Wildman–Crippen MR) is 138 cm³/mol. The zero-order valence-electron chi connectivity index (χ0n) is 19.0. The van der Waals surface area contributed by atoms with Crippen LogP contribution in [-0.4, -0.2) is 14.3 Å². The van der Waals surface area contributed by atoms with Gasteiger partial charge in [0.2, 0.25) is 0 Å². The number of benzene rings is 2. The van der Waals surface area contributed by atoms with Crippen LogP contribution in [0.15, 0.2) is 113 Å². The Labute approximate surface area is 203 Å². The van der Waals surface area contributed by atoms with Crippen LogP contribution in [0.2, 0.25) is 0 Å². The van der Waals surface area contributed by atoms with Crippen molar-refractivity contribution >= 4 is 10.9 Å². The summed E-state index contributed by atoms with van der Waals surface area (Å²) in [6.45, 7) is 1.16. The third kappa shape index (κ3) is 3.50. The molecule has 0 N–H and O–H groups in total. The lowest BCUT2D eigenvalue weighted by atomic mass is 10.0. The van der Waals surface area contributed by atoms with Gasteiger partial charge in [-0.05, 0) is 52.1 Å². The summed E-state index contributed by atoms with van der Waals surface area (Å²) >= 11 is 0. The molecule has 2 heterocycles. The Kier molecular flexibility index (Phi) is 4.37. The van der Waals surface area contributed by atoms with Gasteiger partial charge in [-0.1, -0.05) is 78.9 Å². The molecule has 3 aromatic carbocycles. The largest absolute Gasteiger partial charge is 0.342 e. The fourth-order valence-electron chi connectivity index (χ4n) is 4.93. The van der Waals surface area contributed by atoms with Crippen molar-refractivity contribution in [2.45, 2.75) is 13.1 Å². The molecule has 1 atom stereocenters. The molecule has 0 spiro atoms. The number of nitrogens with zero attached hydrogens (tertiary/aromatic N) is 3. The third-order valence-corrected chi connectivity index (χ3v) is 6.86. The van der Waals surface area contributed by atoms with E-state index in [1.807, 2.05) is 36.5 Å². The topological polar surface area (TPSA) is 39.8 Å². The van der Waals surface area contributed by atoms with E-state index in [-0.39, 0.29) is 5.56 Å². The van der Waals surface area contributed by atoms with E-state index in [4.69, 9.17) is 5.10 Å². The van der Waals surface area contributed by atoms with Crippen LogP contribution in [0.5, 0.6) is 0 Å². The molecular formula is C31H21N3O. The van der Waals surface area contributed by atoms with Crippen LogP contribution in [0.25, 0.3) is 33.3 Å². The van der Waals surface area contributed by atoms with Gasteiger partial charge in [-0.3, -0.25) is 4.79 Å². The van der Waals surface area contributed by atoms with Crippen LogP contribution in [0.1, 0.15) is 5.56 Å². The lowest BCUT2D eigenvalue weighted by Crippen LogP contribution is -2.18. The van der Waals surface area contributed by atoms with Crippen molar-refractivity contribution in [2.24, 2.45) is 5.92 Å². The van der Waals surface area contributed by atoms with E-state index < -0.39 is 0 Å². The number of hydrogen-bond donors (Lipinski definition) is 0. The lowest BCUT2D eigenvalue weighted by Gasteiger charge is -2.14. The zero-order chi connectivity index (χ0) is 23.4. The number of pyridine rings is 1. The predicted octanol–water partition coefficient (Wildman–Crippen LogP) is 5.67. The highest BCUT2D eigenvalue weighted by Crippen LogP contribution is 2.36. The van der Waals surface area contributed by atoms with E-state index in [0.29, 0.717) is 24.6 Å². The molecule has 2 aliphatic heterocycles. The van der Waals surface area contributed by atoms with E-state index >= 15 is 0 Å². The first kappa shape index (κ1) is 19.8. The van der Waals surface area contributed by atoms with Gasteiger partial charge in [0.05, 0.1) is 17.6 Å². The van der Waals surface area contributed by atoms with Gasteiger partial charge in [-0.15, -0.1) is 0 Å². The maximum absolute atomic E-state index is 13.4. The average molecular weight is 452 g/mol. The number of allylic oxidation sites excluding steroid dienone is 6. The summed E-state index contributed by atoms with van der Waals surface area (Å²) in [6.07, 6.45) is 10.6. The van der Waals surface area contributed by atoms with Gasteiger partial charge in [0.1, 0.15) is 5.69 Å². The van der Waals surface area contributed by atoms with Crippen molar-refractivity contribution in [3.63, 3.8) is 0 Å². The summed E-state index contributed by atoms with van der Waals surface area (Å²) in [5, 5.41) is 5.75. The van der Waals surface area contributed by atoms with E-state index in [1.165, 1.54) is 11.1 Å². The first-order chi connectivity index (χ1) is 17.2. The van der Waals surface area contributed by atoms with Crippen molar-refractivity contribution in [3.05, 3.63) is 136 Å². The first-order valence-corrected chi connectivity index (χ1v) is 11.8. The number of aromatic nitrogens is 3. The zero-order valence-corrected chi connectivity index (χ0v) is 19.0. The normalized spacial score (nSPS) is 16.1. The summed E-state index contributed by atoms with van der Waals surface area (Å²) in [4.78, 5) is 13.4. The van der Waals surface area contributed by atoms with Crippen molar-refractivity contribution in [2.75, 3.05) is 0 Å². The lowest BCUT2D eigenvalue weighted by molar-refractivity contribution is 0.666. The Hall–Kier alpha value is -4.62. The van der Waals surface area contributed by atoms with E-state index in [2.05, 4.69) is 77.4 Å². The number of para-hydroxylation sites is 1. The smallest absolute Gasteiger partial charge is 0.278 e. The molecule has 2 aliphatic carbocycles. The minimum absolute atomic E-state index is 0.0455. The average Bonchev–Trinajstić information content (AvgIpc) is 3.62. The Bertz CT molecular complexity index is 1700. The molecule has 0 radical (unpaired) electrons. The van der Waals surface area contributed by atoms with Gasteiger partial charge < -0.3 is 4.57 Å². The summed E-state index contributed by atoms with van der Waals surface area (Å²) in [5.41, 5.74) is 8.36. The van der Waals surface area contributed by atoms with Crippen LogP contribution in [0.3, 0.4) is 0 Å². The second-order valence-corrected chi connectivity index (χ2v) is 9.19. The van der Waals surface area contributed by atoms with Crippen LogP contribution >= 0.6 is 0 Å². The van der Waals surface area contributed by atoms with Gasteiger partial charge in [0.15, 0.2) is 0 Å². The minimum Gasteiger partial charge on any atom is -0.342 e. The second-order valence-electron chi connectivity index (χ2n) is 9.19. The standard InChI is InChI=1S/C31H21N3O/c35-31-28-20-33(18-21-10-13-24(14-11-21)23-6-2-1-3-7-23)29-9-5-4-8-27(29)30(28)32-34(31)19-22-12-15-25-17-26(25)16-22/h2,4-17,20,26H,18-19H2/t26-/m1/s1. The van der Waals surface area contributed by atoms with Crippen molar-refractivity contribution in [3.8, 4) is 22.4 Å². The van der Waals surface area contributed by atoms with Gasteiger partial charge in [0, 0.05) is 24.0 Å². The Morgan fingerprint density at radius 3 is 2.60 bits per heavy atom. The number of fused-ring (bicyclic) bond motifs is 4. The van der Waals surface area contributed by atoms with E-state index in [9.17, 15) is 4.79 Å². The van der Waals surface area contributed by atoms with Crippen molar-refractivity contribution in [1.82, 2.24) is 14.3 Å². The summed E-state index contributed by atoms with van der Waals surface area (Å²) in [5.74, 6) is 0.447. The summed E-state index contributed by atoms with van der Waals surface area (Å²) < 4.78 is 3.76. The molecule has 0 saturated carbocycles. The van der Waals surface area contributed by atoms with Crippen molar-refractivity contribution < 1.29 is 0 Å². The van der Waals surface area contributed by atoms with Gasteiger partial charge >= 0.3 is 0 Å². The van der Waals surface area contributed by atoms with Crippen LogP contribution < -0.4 is 5.56 Å². The quantitative estimate of drug-likeness (QED) is 0.345. The van der Waals surface area contributed by atoms with Crippen LogP contribution in [-0.2, 0) is 13.1 Å². The molecule has 0 unspecified atom stereocenters. The van der Waals surface area contributed by atoms with Gasteiger partial charge in [0.25, 0.3) is 5.56 Å². The van der Waals surface area contributed by atoms with Gasteiger partial charge in [-0.2, -0.15) is 5.10 Å². The SMILES string of the molecule is O=c1c2cn(Cc3ccc(-c4cc#ccc4)cc3)c3ccccc3c-2nn1CC1=C[C@@H]2C=C2C=C1. The van der Waals surface area contributed by atoms with E-state index in [1.54, 1.807) is 4.68 Å². The molecule has 166 valence electrons. The van der Waals surface area contributed by atoms with Gasteiger partial charge in [-0.25, -0.2) is 4.68 Å². The highest BCUT2D eigenvalue weighted by molar-refractivity contribution is 5.93. The van der Waals surface area contributed by atoms with Crippen LogP contribution in [0.4, 0.5) is 0 Å². The molecule has 0 saturated heterocycles. The van der Waals surface area contributed by atoms with Crippen molar-refractivity contribution in [1.29, 1.82) is 0 Å². The fraction of sp³-hybridized carbons (Fsp3) is 0.0968. The molecule has 0 aromatic heterocycles. The molecule has 7 rings (SSSR count). The maximum atomic E-state index is 13.4. The minimum atomic E-state index is -0.0455.